The molecule has 2 heterocycles. The van der Waals surface area contributed by atoms with Gasteiger partial charge in [0.1, 0.15) is 5.75 Å². The monoisotopic (exact) mass is 418 g/mol. The number of aromatic carboxylic acids is 1. The highest BCUT2D eigenvalue weighted by Gasteiger charge is 2.28. The van der Waals surface area contributed by atoms with E-state index in [2.05, 4.69) is 0 Å². The minimum absolute atomic E-state index is 0.0746. The number of hydrogen-bond donors (Lipinski definition) is 2. The van der Waals surface area contributed by atoms with Crippen LogP contribution in [-0.2, 0) is 0 Å². The Morgan fingerprint density at radius 2 is 1.71 bits per heavy atom. The van der Waals surface area contributed by atoms with E-state index in [1.165, 1.54) is 6.07 Å². The molecule has 1 aliphatic heterocycles. The highest BCUT2D eigenvalue weighted by atomic mass is 16.4. The number of carbonyl (C=O) groups is 2. The van der Waals surface area contributed by atoms with Gasteiger partial charge in [-0.15, -0.1) is 0 Å². The Morgan fingerprint density at radius 1 is 1.00 bits per heavy atom. The van der Waals surface area contributed by atoms with E-state index in [9.17, 15) is 19.8 Å². The fourth-order valence-electron chi connectivity index (χ4n) is 4.51. The minimum Gasteiger partial charge on any atom is -0.508 e. The van der Waals surface area contributed by atoms with Gasteiger partial charge in [0.2, 0.25) is 0 Å². The number of piperidine rings is 1. The Balaban J connectivity index is 1.66. The van der Waals surface area contributed by atoms with E-state index >= 15 is 0 Å². The van der Waals surface area contributed by atoms with Gasteiger partial charge in [0.25, 0.3) is 5.91 Å². The number of carbonyl (C=O) groups excluding carboxylic acids is 1. The number of rotatable bonds is 4. The third kappa shape index (κ3) is 3.93. The van der Waals surface area contributed by atoms with Crippen LogP contribution in [0.3, 0.4) is 0 Å². The molecule has 0 spiro atoms. The van der Waals surface area contributed by atoms with Crippen molar-refractivity contribution in [3.63, 3.8) is 0 Å². The van der Waals surface area contributed by atoms with Crippen LogP contribution in [0.4, 0.5) is 0 Å². The van der Waals surface area contributed by atoms with Gasteiger partial charge in [-0.25, -0.2) is 4.79 Å². The average molecular weight is 418 g/mol. The molecule has 0 radical (unpaired) electrons. The Kier molecular flexibility index (Phi) is 5.55. The summed E-state index contributed by atoms with van der Waals surface area (Å²) in [5.74, 6) is -0.820. The van der Waals surface area contributed by atoms with Gasteiger partial charge in [0.15, 0.2) is 0 Å². The maximum Gasteiger partial charge on any atom is 0.337 e. The predicted octanol–water partition coefficient (Wildman–Crippen LogP) is 4.52. The highest BCUT2D eigenvalue weighted by Crippen LogP contribution is 2.33. The number of phenols is 1. The molecule has 1 saturated heterocycles. The molecule has 160 valence electrons. The van der Waals surface area contributed by atoms with Gasteiger partial charge in [-0.2, -0.15) is 0 Å². The number of para-hydroxylation sites is 1. The van der Waals surface area contributed by atoms with E-state index in [-0.39, 0.29) is 23.1 Å². The summed E-state index contributed by atoms with van der Waals surface area (Å²) in [5, 5.41) is 19.9. The van der Waals surface area contributed by atoms with Crippen LogP contribution >= 0.6 is 0 Å². The van der Waals surface area contributed by atoms with E-state index in [1.54, 1.807) is 29.2 Å². The van der Waals surface area contributed by atoms with Crippen LogP contribution in [0, 0.1) is 13.8 Å². The molecule has 1 aliphatic rings. The number of nitrogens with zero attached hydrogens (tertiary/aromatic N) is 2. The van der Waals surface area contributed by atoms with Crippen molar-refractivity contribution >= 4 is 11.9 Å². The second-order valence-electron chi connectivity index (χ2n) is 8.14. The molecule has 0 saturated carbocycles. The van der Waals surface area contributed by atoms with Gasteiger partial charge in [-0.1, -0.05) is 18.2 Å². The summed E-state index contributed by atoms with van der Waals surface area (Å²) in [6.07, 6.45) is 1.76. The second-order valence-corrected chi connectivity index (χ2v) is 8.14. The summed E-state index contributed by atoms with van der Waals surface area (Å²) in [6, 6.07) is 15.9. The van der Waals surface area contributed by atoms with E-state index < -0.39 is 5.97 Å². The molecule has 0 bridgehead atoms. The molecular weight excluding hydrogens is 392 g/mol. The molecule has 2 aromatic carbocycles. The first-order valence-corrected chi connectivity index (χ1v) is 10.5. The summed E-state index contributed by atoms with van der Waals surface area (Å²) >= 11 is 0. The first kappa shape index (κ1) is 20.7. The fraction of sp³-hybridized carbons (Fsp3) is 0.280. The van der Waals surface area contributed by atoms with Crippen LogP contribution in [0.5, 0.6) is 5.75 Å². The summed E-state index contributed by atoms with van der Waals surface area (Å²) < 4.78 is 1.86. The molecule has 1 fully saturated rings. The number of phenolic OH excluding ortho intramolecular Hbond substituents is 1. The quantitative estimate of drug-likeness (QED) is 0.653. The number of likely N-dealkylation sites (tertiary alicyclic amines) is 1. The number of aryl methyl sites for hydroxylation is 2. The standard InChI is InChI=1S/C25H26N2O4/c1-16-9-10-17(2)27(16)22-14-18(11-12-21(22)25(30)31)24(29)26-13-5-6-19(15-26)20-7-3-4-8-23(20)28/h3-4,7-12,14,19,28H,5-6,13,15H2,1-2H3,(H,30,31). The Hall–Kier alpha value is -3.54. The smallest absolute Gasteiger partial charge is 0.337 e. The van der Waals surface area contributed by atoms with Crippen LogP contribution in [0.15, 0.2) is 54.6 Å². The molecule has 2 N–H and O–H groups in total. The highest BCUT2D eigenvalue weighted by molar-refractivity contribution is 5.98. The number of benzene rings is 2. The van der Waals surface area contributed by atoms with Gasteiger partial charge >= 0.3 is 5.97 Å². The van der Waals surface area contributed by atoms with Crippen molar-refractivity contribution in [3.05, 3.63) is 82.7 Å². The number of hydrogen-bond acceptors (Lipinski definition) is 3. The zero-order chi connectivity index (χ0) is 22.1. The number of carboxylic acid groups (broad SMARTS) is 1. The molecule has 0 aliphatic carbocycles. The van der Waals surface area contributed by atoms with Crippen LogP contribution in [-0.4, -0.2) is 44.6 Å². The third-order valence-corrected chi connectivity index (χ3v) is 6.07. The molecule has 1 atom stereocenters. The molecule has 1 unspecified atom stereocenters. The van der Waals surface area contributed by atoms with E-state index in [1.807, 2.05) is 42.7 Å². The predicted molar refractivity (Wildman–Crippen MR) is 118 cm³/mol. The van der Waals surface area contributed by atoms with Crippen molar-refractivity contribution in [1.29, 1.82) is 0 Å². The zero-order valence-electron chi connectivity index (χ0n) is 17.7. The first-order valence-electron chi connectivity index (χ1n) is 10.5. The van der Waals surface area contributed by atoms with E-state index in [0.29, 0.717) is 24.3 Å². The SMILES string of the molecule is Cc1ccc(C)n1-c1cc(C(=O)N2CCCC(c3ccccc3O)C2)ccc1C(=O)O. The molecule has 6 heteroatoms. The maximum atomic E-state index is 13.3. The largest absolute Gasteiger partial charge is 0.508 e. The Bertz CT molecular complexity index is 1130. The van der Waals surface area contributed by atoms with Crippen molar-refractivity contribution in [2.45, 2.75) is 32.6 Å². The average Bonchev–Trinajstić information content (AvgIpc) is 3.11. The van der Waals surface area contributed by atoms with E-state index in [0.717, 1.165) is 29.8 Å². The lowest BCUT2D eigenvalue weighted by molar-refractivity contribution is 0.0687. The van der Waals surface area contributed by atoms with E-state index in [4.69, 9.17) is 0 Å². The zero-order valence-corrected chi connectivity index (χ0v) is 17.7. The molecule has 6 nitrogen and oxygen atoms in total. The third-order valence-electron chi connectivity index (χ3n) is 6.07. The summed E-state index contributed by atoms with van der Waals surface area (Å²) in [5.41, 5.74) is 3.78. The van der Waals surface area contributed by atoms with Crippen LogP contribution in [0.25, 0.3) is 5.69 Å². The summed E-state index contributed by atoms with van der Waals surface area (Å²) in [4.78, 5) is 27.0. The number of aromatic hydroxyl groups is 1. The molecule has 31 heavy (non-hydrogen) atoms. The van der Waals surface area contributed by atoms with Crippen molar-refractivity contribution in [3.8, 4) is 11.4 Å². The topological polar surface area (TPSA) is 82.8 Å². The van der Waals surface area contributed by atoms with Crippen LogP contribution in [0.2, 0.25) is 0 Å². The summed E-state index contributed by atoms with van der Waals surface area (Å²) in [6.45, 7) is 4.98. The molecule has 3 aromatic rings. The van der Waals surface area contributed by atoms with Crippen molar-refractivity contribution in [2.75, 3.05) is 13.1 Å². The molecular formula is C25H26N2O4. The van der Waals surface area contributed by atoms with Gasteiger partial charge < -0.3 is 19.7 Å². The van der Waals surface area contributed by atoms with Crippen molar-refractivity contribution in [1.82, 2.24) is 9.47 Å². The van der Waals surface area contributed by atoms with Crippen LogP contribution < -0.4 is 0 Å². The number of aromatic nitrogens is 1. The molecule has 1 aromatic heterocycles. The van der Waals surface area contributed by atoms with Crippen molar-refractivity contribution in [2.24, 2.45) is 0 Å². The fourth-order valence-corrected chi connectivity index (χ4v) is 4.51. The van der Waals surface area contributed by atoms with Gasteiger partial charge in [0, 0.05) is 36.0 Å². The van der Waals surface area contributed by atoms with Gasteiger partial charge in [-0.05, 0) is 68.7 Å². The Labute approximate surface area is 181 Å². The number of amides is 1. The minimum atomic E-state index is -1.03. The van der Waals surface area contributed by atoms with Crippen LogP contribution in [0.1, 0.15) is 56.4 Å². The van der Waals surface area contributed by atoms with Gasteiger partial charge in [-0.3, -0.25) is 4.79 Å². The maximum absolute atomic E-state index is 13.3. The number of carboxylic acids is 1. The summed E-state index contributed by atoms with van der Waals surface area (Å²) in [7, 11) is 0. The Morgan fingerprint density at radius 3 is 2.39 bits per heavy atom. The first-order chi connectivity index (χ1) is 14.9. The normalized spacial score (nSPS) is 16.3. The lowest BCUT2D eigenvalue weighted by atomic mass is 9.89. The van der Waals surface area contributed by atoms with Crippen molar-refractivity contribution < 1.29 is 19.8 Å². The molecule has 4 rings (SSSR count). The lowest BCUT2D eigenvalue weighted by Crippen LogP contribution is -2.39. The molecule has 1 amide bonds. The lowest BCUT2D eigenvalue weighted by Gasteiger charge is -2.33. The van der Waals surface area contributed by atoms with Gasteiger partial charge in [0.05, 0.1) is 11.3 Å². The second kappa shape index (κ2) is 8.30.